The maximum atomic E-state index is 12.4. The molecule has 2 aromatic carbocycles. The largest absolute Gasteiger partial charge is 0.493 e. The number of hydrogen-bond donors (Lipinski definition) is 1. The van der Waals surface area contributed by atoms with Gasteiger partial charge in [-0.1, -0.05) is 41.6 Å². The van der Waals surface area contributed by atoms with Crippen LogP contribution in [0.5, 0.6) is 11.5 Å². The molecule has 1 saturated heterocycles. The first-order valence-electron chi connectivity index (χ1n) is 9.04. The molecule has 0 saturated carbocycles. The number of hydrogen-bond acceptors (Lipinski definition) is 4. The SMILES string of the molecule is COc1ccccc1OCC(=O)N1CCC(O)(C#Cc2cccc(Cl)c2)CC1. The fourth-order valence-corrected chi connectivity index (χ4v) is 3.16. The molecule has 0 bridgehead atoms. The summed E-state index contributed by atoms with van der Waals surface area (Å²) in [5, 5.41) is 11.3. The van der Waals surface area contributed by atoms with Gasteiger partial charge in [-0.05, 0) is 30.3 Å². The van der Waals surface area contributed by atoms with Gasteiger partial charge >= 0.3 is 0 Å². The van der Waals surface area contributed by atoms with Crippen LogP contribution in [0.3, 0.4) is 0 Å². The summed E-state index contributed by atoms with van der Waals surface area (Å²) in [6.07, 6.45) is 0.780. The molecule has 2 aromatic rings. The highest BCUT2D eigenvalue weighted by Gasteiger charge is 2.32. The molecule has 0 atom stereocenters. The number of para-hydroxylation sites is 2. The summed E-state index contributed by atoms with van der Waals surface area (Å²) in [7, 11) is 1.56. The van der Waals surface area contributed by atoms with E-state index >= 15 is 0 Å². The van der Waals surface area contributed by atoms with Crippen LogP contribution in [-0.4, -0.2) is 48.3 Å². The molecule has 5 nitrogen and oxygen atoms in total. The summed E-state index contributed by atoms with van der Waals surface area (Å²) < 4.78 is 10.8. The molecule has 0 unspecified atom stereocenters. The van der Waals surface area contributed by atoms with E-state index in [9.17, 15) is 9.90 Å². The minimum Gasteiger partial charge on any atom is -0.493 e. The van der Waals surface area contributed by atoms with E-state index in [0.717, 1.165) is 5.56 Å². The van der Waals surface area contributed by atoms with Gasteiger partial charge in [0.05, 0.1) is 7.11 Å². The molecule has 146 valence electrons. The zero-order chi connectivity index (χ0) is 20.0. The quantitative estimate of drug-likeness (QED) is 0.802. The molecule has 1 heterocycles. The molecule has 1 fully saturated rings. The molecule has 0 spiro atoms. The van der Waals surface area contributed by atoms with Gasteiger partial charge in [-0.2, -0.15) is 0 Å². The maximum Gasteiger partial charge on any atom is 0.260 e. The second-order valence-electron chi connectivity index (χ2n) is 6.61. The molecule has 1 N–H and O–H groups in total. The number of rotatable bonds is 4. The smallest absolute Gasteiger partial charge is 0.260 e. The van der Waals surface area contributed by atoms with Gasteiger partial charge in [0.25, 0.3) is 5.91 Å². The highest BCUT2D eigenvalue weighted by molar-refractivity contribution is 6.30. The van der Waals surface area contributed by atoms with Gasteiger partial charge in [0.15, 0.2) is 18.1 Å². The van der Waals surface area contributed by atoms with Gasteiger partial charge in [-0.15, -0.1) is 0 Å². The van der Waals surface area contributed by atoms with Crippen LogP contribution in [0.15, 0.2) is 48.5 Å². The van der Waals surface area contributed by atoms with E-state index in [1.165, 1.54) is 0 Å². The molecule has 1 amide bonds. The Hall–Kier alpha value is -2.68. The van der Waals surface area contributed by atoms with E-state index in [1.807, 2.05) is 24.3 Å². The molecule has 1 aliphatic heterocycles. The Balaban J connectivity index is 1.54. The number of ether oxygens (including phenoxy) is 2. The number of halogens is 1. The maximum absolute atomic E-state index is 12.4. The Kier molecular flexibility index (Phi) is 6.45. The van der Waals surface area contributed by atoms with Gasteiger partial charge in [-0.25, -0.2) is 0 Å². The first kappa shape index (κ1) is 20.1. The molecule has 0 aromatic heterocycles. The van der Waals surface area contributed by atoms with E-state index in [2.05, 4.69) is 11.8 Å². The van der Waals surface area contributed by atoms with E-state index in [4.69, 9.17) is 21.1 Å². The average molecular weight is 400 g/mol. The number of amides is 1. The second-order valence-corrected chi connectivity index (χ2v) is 7.05. The average Bonchev–Trinajstić information content (AvgIpc) is 2.71. The van der Waals surface area contributed by atoms with Crippen molar-refractivity contribution in [2.24, 2.45) is 0 Å². The molecule has 28 heavy (non-hydrogen) atoms. The first-order chi connectivity index (χ1) is 13.5. The van der Waals surface area contributed by atoms with E-state index in [1.54, 1.807) is 36.3 Å². The Morgan fingerprint density at radius 2 is 1.89 bits per heavy atom. The molecule has 3 rings (SSSR count). The lowest BCUT2D eigenvalue weighted by Gasteiger charge is -2.35. The van der Waals surface area contributed by atoms with Crippen molar-refractivity contribution in [2.45, 2.75) is 18.4 Å². The predicted molar refractivity (Wildman–Crippen MR) is 108 cm³/mol. The highest BCUT2D eigenvalue weighted by atomic mass is 35.5. The second kappa shape index (κ2) is 9.01. The van der Waals surface area contributed by atoms with Crippen molar-refractivity contribution >= 4 is 17.5 Å². The Morgan fingerprint density at radius 3 is 2.57 bits per heavy atom. The van der Waals surface area contributed by atoms with Crippen LogP contribution in [0.25, 0.3) is 0 Å². The van der Waals surface area contributed by atoms with Crippen molar-refractivity contribution in [3.8, 4) is 23.3 Å². The van der Waals surface area contributed by atoms with Gasteiger partial charge in [-0.3, -0.25) is 4.79 Å². The van der Waals surface area contributed by atoms with Crippen LogP contribution in [0.1, 0.15) is 18.4 Å². The van der Waals surface area contributed by atoms with Crippen LogP contribution in [-0.2, 0) is 4.79 Å². The Labute approximate surface area is 169 Å². The monoisotopic (exact) mass is 399 g/mol. The lowest BCUT2D eigenvalue weighted by atomic mass is 9.91. The van der Waals surface area contributed by atoms with Crippen molar-refractivity contribution in [1.82, 2.24) is 4.90 Å². The highest BCUT2D eigenvalue weighted by Crippen LogP contribution is 2.26. The molecule has 0 aliphatic carbocycles. The normalized spacial score (nSPS) is 15.3. The van der Waals surface area contributed by atoms with Crippen LogP contribution in [0.2, 0.25) is 5.02 Å². The number of aliphatic hydroxyl groups is 1. The van der Waals surface area contributed by atoms with Crippen LogP contribution < -0.4 is 9.47 Å². The summed E-state index contributed by atoms with van der Waals surface area (Å²) in [5.74, 6) is 6.89. The van der Waals surface area contributed by atoms with Gasteiger partial charge in [0.1, 0.15) is 5.60 Å². The number of methoxy groups -OCH3 is 1. The fraction of sp³-hybridized carbons (Fsp3) is 0.318. The fourth-order valence-electron chi connectivity index (χ4n) is 2.97. The third kappa shape index (κ3) is 5.19. The van der Waals surface area contributed by atoms with Crippen LogP contribution in [0, 0.1) is 11.8 Å². The number of carbonyl (C=O) groups is 1. The third-order valence-electron chi connectivity index (χ3n) is 4.63. The van der Waals surface area contributed by atoms with E-state index in [-0.39, 0.29) is 12.5 Å². The lowest BCUT2D eigenvalue weighted by molar-refractivity contribution is -0.136. The Bertz CT molecular complexity index is 895. The zero-order valence-electron chi connectivity index (χ0n) is 15.7. The van der Waals surface area contributed by atoms with E-state index in [0.29, 0.717) is 42.5 Å². The number of nitrogens with zero attached hydrogens (tertiary/aromatic N) is 1. The zero-order valence-corrected chi connectivity index (χ0v) is 16.4. The number of piperidine rings is 1. The topological polar surface area (TPSA) is 59.0 Å². The minimum atomic E-state index is -1.11. The predicted octanol–water partition coefficient (Wildman–Crippen LogP) is 3.13. The molecule has 6 heteroatoms. The molecular weight excluding hydrogens is 378 g/mol. The van der Waals surface area contributed by atoms with Crippen molar-refractivity contribution in [1.29, 1.82) is 0 Å². The lowest BCUT2D eigenvalue weighted by Crippen LogP contribution is -2.47. The van der Waals surface area contributed by atoms with Crippen molar-refractivity contribution in [3.05, 3.63) is 59.1 Å². The molecular formula is C22H22ClNO4. The standard InChI is InChI=1S/C22H22ClNO4/c1-27-19-7-2-3-8-20(19)28-16-21(25)24-13-11-22(26,12-14-24)10-9-17-5-4-6-18(23)15-17/h2-8,15,26H,11-14,16H2,1H3. The summed E-state index contributed by atoms with van der Waals surface area (Å²) >= 11 is 5.95. The van der Waals surface area contributed by atoms with Gasteiger partial charge in [0, 0.05) is 36.5 Å². The van der Waals surface area contributed by atoms with Gasteiger partial charge in [0.2, 0.25) is 0 Å². The number of benzene rings is 2. The number of likely N-dealkylation sites (tertiary alicyclic amines) is 1. The van der Waals surface area contributed by atoms with Crippen molar-refractivity contribution in [2.75, 3.05) is 26.8 Å². The first-order valence-corrected chi connectivity index (χ1v) is 9.42. The summed E-state index contributed by atoms with van der Waals surface area (Å²) in [6.45, 7) is 0.774. The Morgan fingerprint density at radius 1 is 1.18 bits per heavy atom. The molecule has 1 aliphatic rings. The summed E-state index contributed by atoms with van der Waals surface area (Å²) in [5.41, 5.74) is -0.354. The van der Waals surface area contributed by atoms with Crippen molar-refractivity contribution in [3.63, 3.8) is 0 Å². The summed E-state index contributed by atoms with van der Waals surface area (Å²) in [4.78, 5) is 14.1. The van der Waals surface area contributed by atoms with Crippen LogP contribution in [0.4, 0.5) is 0 Å². The van der Waals surface area contributed by atoms with Gasteiger partial charge < -0.3 is 19.5 Å². The van der Waals surface area contributed by atoms with E-state index < -0.39 is 5.60 Å². The minimum absolute atomic E-state index is 0.0764. The molecule has 0 radical (unpaired) electrons. The van der Waals surface area contributed by atoms with Crippen LogP contribution >= 0.6 is 11.6 Å². The number of carbonyl (C=O) groups excluding carboxylic acids is 1. The third-order valence-corrected chi connectivity index (χ3v) is 4.86. The van der Waals surface area contributed by atoms with Crippen molar-refractivity contribution < 1.29 is 19.4 Å². The summed E-state index contributed by atoms with van der Waals surface area (Å²) in [6, 6.07) is 14.4.